The Bertz CT molecular complexity index is 696. The van der Waals surface area contributed by atoms with Crippen molar-refractivity contribution in [2.24, 2.45) is 0 Å². The van der Waals surface area contributed by atoms with E-state index < -0.39 is 6.04 Å². The number of aromatic nitrogens is 1. The Labute approximate surface area is 126 Å². The summed E-state index contributed by atoms with van der Waals surface area (Å²) in [4.78, 5) is 27.9. The molecular weight excluding hydrogens is 286 g/mol. The second-order valence-corrected chi connectivity index (χ2v) is 6.01. The lowest BCUT2D eigenvalue weighted by Crippen LogP contribution is -2.37. The van der Waals surface area contributed by atoms with Crippen LogP contribution in [0, 0.1) is 6.92 Å². The van der Waals surface area contributed by atoms with E-state index in [1.807, 2.05) is 36.6 Å². The molecule has 1 aromatic carbocycles. The van der Waals surface area contributed by atoms with E-state index in [2.05, 4.69) is 15.6 Å². The highest BCUT2D eigenvalue weighted by Gasteiger charge is 2.27. The summed E-state index contributed by atoms with van der Waals surface area (Å²) in [6.07, 6.45) is 0.952. The topological polar surface area (TPSA) is 71.1 Å². The van der Waals surface area contributed by atoms with Gasteiger partial charge in [0.15, 0.2) is 0 Å². The smallest absolute Gasteiger partial charge is 0.246 e. The van der Waals surface area contributed by atoms with E-state index in [1.165, 1.54) is 0 Å². The molecule has 2 heterocycles. The number of hydrogen-bond donors (Lipinski definition) is 2. The summed E-state index contributed by atoms with van der Waals surface area (Å²) in [6, 6.07) is 7.11. The first-order chi connectivity index (χ1) is 10.1. The number of carbonyl (C=O) groups excluding carboxylic acids is 2. The van der Waals surface area contributed by atoms with Crippen LogP contribution in [0.2, 0.25) is 0 Å². The molecule has 5 nitrogen and oxygen atoms in total. The van der Waals surface area contributed by atoms with Gasteiger partial charge in [0.2, 0.25) is 11.8 Å². The summed E-state index contributed by atoms with van der Waals surface area (Å²) in [5, 5.41) is 8.52. The van der Waals surface area contributed by atoms with Crippen LogP contribution in [-0.4, -0.2) is 22.8 Å². The molecule has 1 unspecified atom stereocenters. The third-order valence-electron chi connectivity index (χ3n) is 3.39. The van der Waals surface area contributed by atoms with Crippen molar-refractivity contribution in [1.82, 2.24) is 10.3 Å². The molecule has 1 fully saturated rings. The van der Waals surface area contributed by atoms with E-state index >= 15 is 0 Å². The Morgan fingerprint density at radius 3 is 2.90 bits per heavy atom. The normalized spacial score (nSPS) is 17.6. The first-order valence-electron chi connectivity index (χ1n) is 6.75. The minimum absolute atomic E-state index is 0.0708. The van der Waals surface area contributed by atoms with Gasteiger partial charge in [-0.25, -0.2) is 4.98 Å². The lowest BCUT2D eigenvalue weighted by atomic mass is 10.1. The number of carbonyl (C=O) groups is 2. The van der Waals surface area contributed by atoms with Crippen molar-refractivity contribution in [2.45, 2.75) is 25.8 Å². The summed E-state index contributed by atoms with van der Waals surface area (Å²) in [5.41, 5.74) is 2.46. The van der Waals surface area contributed by atoms with Crippen LogP contribution in [0.3, 0.4) is 0 Å². The van der Waals surface area contributed by atoms with Crippen molar-refractivity contribution in [3.05, 3.63) is 34.7 Å². The van der Waals surface area contributed by atoms with Crippen LogP contribution in [0.4, 0.5) is 5.69 Å². The maximum Gasteiger partial charge on any atom is 0.246 e. The Hall–Kier alpha value is -2.21. The van der Waals surface area contributed by atoms with Gasteiger partial charge in [-0.05, 0) is 19.4 Å². The molecule has 0 aliphatic carbocycles. The number of aryl methyl sites for hydroxylation is 1. The molecule has 1 saturated heterocycles. The summed E-state index contributed by atoms with van der Waals surface area (Å²) in [7, 11) is 0. The summed E-state index contributed by atoms with van der Waals surface area (Å²) in [5.74, 6) is -0.251. The Balaban J connectivity index is 1.82. The second-order valence-electron chi connectivity index (χ2n) is 4.95. The van der Waals surface area contributed by atoms with Gasteiger partial charge >= 0.3 is 0 Å². The molecule has 2 aromatic rings. The first kappa shape index (κ1) is 13.8. The number of hydrogen-bond acceptors (Lipinski definition) is 4. The number of amides is 2. The third kappa shape index (κ3) is 2.95. The number of nitrogens with zero attached hydrogens (tertiary/aromatic N) is 1. The number of benzene rings is 1. The van der Waals surface area contributed by atoms with Gasteiger partial charge in [0.25, 0.3) is 0 Å². The highest BCUT2D eigenvalue weighted by Crippen LogP contribution is 2.29. The number of thiazole rings is 1. The Morgan fingerprint density at radius 1 is 1.43 bits per heavy atom. The molecule has 21 heavy (non-hydrogen) atoms. The summed E-state index contributed by atoms with van der Waals surface area (Å²) in [6.45, 7) is 1.95. The Morgan fingerprint density at radius 2 is 2.24 bits per heavy atom. The van der Waals surface area contributed by atoms with E-state index in [-0.39, 0.29) is 11.8 Å². The number of para-hydroxylation sites is 1. The van der Waals surface area contributed by atoms with Gasteiger partial charge in [0.1, 0.15) is 6.04 Å². The van der Waals surface area contributed by atoms with Crippen molar-refractivity contribution >= 4 is 28.8 Å². The van der Waals surface area contributed by atoms with Gasteiger partial charge in [-0.2, -0.15) is 0 Å². The van der Waals surface area contributed by atoms with Gasteiger partial charge in [-0.1, -0.05) is 18.2 Å². The second kappa shape index (κ2) is 5.65. The van der Waals surface area contributed by atoms with E-state index in [4.69, 9.17) is 0 Å². The van der Waals surface area contributed by atoms with E-state index in [0.29, 0.717) is 18.5 Å². The molecule has 2 N–H and O–H groups in total. The van der Waals surface area contributed by atoms with E-state index in [9.17, 15) is 9.59 Å². The zero-order valence-corrected chi connectivity index (χ0v) is 12.4. The third-order valence-corrected chi connectivity index (χ3v) is 4.17. The number of rotatable bonds is 3. The van der Waals surface area contributed by atoms with Crippen molar-refractivity contribution < 1.29 is 9.59 Å². The van der Waals surface area contributed by atoms with Crippen molar-refractivity contribution in [2.75, 3.05) is 5.32 Å². The molecule has 0 bridgehead atoms. The summed E-state index contributed by atoms with van der Waals surface area (Å²) >= 11 is 1.57. The molecule has 0 saturated carbocycles. The Kier molecular flexibility index (Phi) is 3.70. The molecule has 1 aromatic heterocycles. The predicted molar refractivity (Wildman–Crippen MR) is 82.1 cm³/mol. The average Bonchev–Trinajstić information content (AvgIpc) is 3.08. The molecular formula is C15H15N3O2S. The molecule has 1 aliphatic rings. The standard InChI is InChI=1S/C15H15N3O2S/c1-9-16-13(8-21-9)10-4-2-3-5-11(10)18-15(20)12-6-7-14(19)17-12/h2-5,8,12H,6-7H2,1H3,(H,17,19)(H,18,20). The van der Waals surface area contributed by atoms with Gasteiger partial charge in [0, 0.05) is 17.4 Å². The van der Waals surface area contributed by atoms with Crippen LogP contribution in [-0.2, 0) is 9.59 Å². The molecule has 6 heteroatoms. The first-order valence-corrected chi connectivity index (χ1v) is 7.63. The van der Waals surface area contributed by atoms with Crippen LogP contribution in [0.1, 0.15) is 17.8 Å². The van der Waals surface area contributed by atoms with Crippen molar-refractivity contribution in [1.29, 1.82) is 0 Å². The molecule has 1 aliphatic heterocycles. The van der Waals surface area contributed by atoms with Gasteiger partial charge in [-0.3, -0.25) is 9.59 Å². The largest absolute Gasteiger partial charge is 0.344 e. The molecule has 0 spiro atoms. The number of anilines is 1. The van der Waals surface area contributed by atoms with Crippen LogP contribution in [0.25, 0.3) is 11.3 Å². The lowest BCUT2D eigenvalue weighted by Gasteiger charge is -2.13. The fraction of sp³-hybridized carbons (Fsp3) is 0.267. The highest BCUT2D eigenvalue weighted by atomic mass is 32.1. The fourth-order valence-corrected chi connectivity index (χ4v) is 2.95. The minimum Gasteiger partial charge on any atom is -0.344 e. The molecule has 2 amide bonds. The molecule has 1 atom stereocenters. The maximum absolute atomic E-state index is 12.2. The lowest BCUT2D eigenvalue weighted by molar-refractivity contribution is -0.122. The monoisotopic (exact) mass is 301 g/mol. The summed E-state index contributed by atoms with van der Waals surface area (Å²) < 4.78 is 0. The van der Waals surface area contributed by atoms with Gasteiger partial charge in [-0.15, -0.1) is 11.3 Å². The maximum atomic E-state index is 12.2. The molecule has 3 rings (SSSR count). The SMILES string of the molecule is Cc1nc(-c2ccccc2NC(=O)C2CCC(=O)N2)cs1. The predicted octanol–water partition coefficient (Wildman–Crippen LogP) is 2.34. The van der Waals surface area contributed by atoms with Crippen LogP contribution < -0.4 is 10.6 Å². The van der Waals surface area contributed by atoms with Gasteiger partial charge < -0.3 is 10.6 Å². The van der Waals surface area contributed by atoms with Crippen LogP contribution in [0.15, 0.2) is 29.6 Å². The molecule has 108 valence electrons. The number of nitrogens with one attached hydrogen (secondary N) is 2. The average molecular weight is 301 g/mol. The zero-order valence-electron chi connectivity index (χ0n) is 11.6. The van der Waals surface area contributed by atoms with Crippen molar-refractivity contribution in [3.63, 3.8) is 0 Å². The van der Waals surface area contributed by atoms with Gasteiger partial charge in [0.05, 0.1) is 16.4 Å². The van der Waals surface area contributed by atoms with Crippen LogP contribution in [0.5, 0.6) is 0 Å². The zero-order chi connectivity index (χ0) is 14.8. The highest BCUT2D eigenvalue weighted by molar-refractivity contribution is 7.09. The van der Waals surface area contributed by atoms with E-state index in [0.717, 1.165) is 16.3 Å². The fourth-order valence-electron chi connectivity index (χ4n) is 2.33. The minimum atomic E-state index is -0.442. The quantitative estimate of drug-likeness (QED) is 0.914. The van der Waals surface area contributed by atoms with E-state index in [1.54, 1.807) is 11.3 Å². The molecule has 0 radical (unpaired) electrons. The van der Waals surface area contributed by atoms with Crippen LogP contribution >= 0.6 is 11.3 Å². The van der Waals surface area contributed by atoms with Crippen molar-refractivity contribution in [3.8, 4) is 11.3 Å².